The molecule has 15 heavy (non-hydrogen) atoms. The zero-order valence-corrected chi connectivity index (χ0v) is 9.41. The second-order valence-corrected chi connectivity index (χ2v) is 3.29. The Morgan fingerprint density at radius 1 is 1.27 bits per heavy atom. The largest absolute Gasteiger partial charge is 0.497 e. The van der Waals surface area contributed by atoms with Gasteiger partial charge in [-0.05, 0) is 25.1 Å². The summed E-state index contributed by atoms with van der Waals surface area (Å²) in [5.41, 5.74) is 1.99. The highest BCUT2D eigenvalue weighted by Gasteiger charge is 2.01. The van der Waals surface area contributed by atoms with Crippen LogP contribution >= 0.6 is 0 Å². The number of ether oxygens (including phenoxy) is 2. The number of hydrogen-bond acceptors (Lipinski definition) is 2. The van der Waals surface area contributed by atoms with Gasteiger partial charge in [0.05, 0.1) is 14.2 Å². The van der Waals surface area contributed by atoms with Crippen molar-refractivity contribution in [3.05, 3.63) is 42.0 Å². The van der Waals surface area contributed by atoms with E-state index in [1.54, 1.807) is 14.2 Å². The first-order chi connectivity index (χ1) is 7.17. The molecule has 1 aromatic rings. The maximum atomic E-state index is 5.24. The predicted octanol–water partition coefficient (Wildman–Crippen LogP) is 3.29. The van der Waals surface area contributed by atoms with Crippen LogP contribution in [0.2, 0.25) is 0 Å². The van der Waals surface area contributed by atoms with Crippen molar-refractivity contribution in [2.75, 3.05) is 14.2 Å². The van der Waals surface area contributed by atoms with Crippen molar-refractivity contribution in [1.29, 1.82) is 0 Å². The number of hydrogen-bond donors (Lipinski definition) is 0. The third-order valence-corrected chi connectivity index (χ3v) is 1.98. The average Bonchev–Trinajstić information content (AvgIpc) is 2.25. The Balaban J connectivity index is 3.06. The number of methoxy groups -OCH3 is 2. The molecule has 0 heterocycles. The Labute approximate surface area is 90.8 Å². The predicted molar refractivity (Wildman–Crippen MR) is 63.4 cm³/mol. The first-order valence-electron chi connectivity index (χ1n) is 4.73. The van der Waals surface area contributed by atoms with Crippen LogP contribution in [0.3, 0.4) is 0 Å². The van der Waals surface area contributed by atoms with E-state index in [4.69, 9.17) is 9.47 Å². The smallest absolute Gasteiger partial charge is 0.126 e. The minimum Gasteiger partial charge on any atom is -0.497 e. The Kier molecular flexibility index (Phi) is 3.98. The van der Waals surface area contributed by atoms with Gasteiger partial charge in [0.25, 0.3) is 0 Å². The lowest BCUT2D eigenvalue weighted by Crippen LogP contribution is -1.89. The maximum absolute atomic E-state index is 5.24. The normalized spacial score (nSPS) is 10.3. The highest BCUT2D eigenvalue weighted by Crippen LogP contribution is 2.25. The maximum Gasteiger partial charge on any atom is 0.126 e. The van der Waals surface area contributed by atoms with Crippen molar-refractivity contribution < 1.29 is 9.47 Å². The van der Waals surface area contributed by atoms with E-state index in [0.717, 1.165) is 22.6 Å². The standard InChI is InChI=1S/C13H16O2/c1-10(2)5-6-11-9-12(14-3)7-8-13(11)15-4/h5-9H,1H2,2-4H3/b6-5+. The van der Waals surface area contributed by atoms with Gasteiger partial charge in [0.1, 0.15) is 11.5 Å². The third kappa shape index (κ3) is 3.17. The molecule has 0 spiro atoms. The van der Waals surface area contributed by atoms with Crippen molar-refractivity contribution in [2.24, 2.45) is 0 Å². The second kappa shape index (κ2) is 5.25. The fourth-order valence-corrected chi connectivity index (χ4v) is 1.20. The van der Waals surface area contributed by atoms with Gasteiger partial charge in [-0.3, -0.25) is 0 Å². The summed E-state index contributed by atoms with van der Waals surface area (Å²) in [6.45, 7) is 5.76. The zero-order chi connectivity index (χ0) is 11.3. The van der Waals surface area contributed by atoms with E-state index in [0.29, 0.717) is 0 Å². The molecule has 0 aliphatic heterocycles. The summed E-state index contributed by atoms with van der Waals surface area (Å²) in [6, 6.07) is 5.69. The second-order valence-electron chi connectivity index (χ2n) is 3.29. The van der Waals surface area contributed by atoms with E-state index in [1.165, 1.54) is 0 Å². The molecule has 2 nitrogen and oxygen atoms in total. The van der Waals surface area contributed by atoms with Crippen LogP contribution in [0.25, 0.3) is 6.08 Å². The fourth-order valence-electron chi connectivity index (χ4n) is 1.20. The van der Waals surface area contributed by atoms with Crippen LogP contribution in [0.1, 0.15) is 12.5 Å². The first-order valence-corrected chi connectivity index (χ1v) is 4.73. The molecule has 0 fully saturated rings. The molecule has 0 aromatic heterocycles. The van der Waals surface area contributed by atoms with Gasteiger partial charge in [-0.1, -0.05) is 24.3 Å². The number of allylic oxidation sites excluding steroid dienone is 2. The van der Waals surface area contributed by atoms with Crippen molar-refractivity contribution in [3.63, 3.8) is 0 Å². The number of rotatable bonds is 4. The Bertz CT molecular complexity index is 378. The molecule has 0 aliphatic rings. The van der Waals surface area contributed by atoms with E-state index in [1.807, 2.05) is 37.3 Å². The monoisotopic (exact) mass is 204 g/mol. The topological polar surface area (TPSA) is 18.5 Å². The number of benzene rings is 1. The van der Waals surface area contributed by atoms with E-state index < -0.39 is 0 Å². The summed E-state index contributed by atoms with van der Waals surface area (Å²) in [4.78, 5) is 0. The van der Waals surface area contributed by atoms with Gasteiger partial charge in [0, 0.05) is 5.56 Å². The molecular weight excluding hydrogens is 188 g/mol. The Morgan fingerprint density at radius 2 is 2.00 bits per heavy atom. The molecule has 1 aromatic carbocycles. The molecule has 2 heteroatoms. The van der Waals surface area contributed by atoms with Crippen LogP contribution in [-0.4, -0.2) is 14.2 Å². The quantitative estimate of drug-likeness (QED) is 0.701. The van der Waals surface area contributed by atoms with Crippen LogP contribution in [-0.2, 0) is 0 Å². The average molecular weight is 204 g/mol. The van der Waals surface area contributed by atoms with Crippen LogP contribution in [0.4, 0.5) is 0 Å². The molecule has 0 unspecified atom stereocenters. The van der Waals surface area contributed by atoms with Gasteiger partial charge in [0.2, 0.25) is 0 Å². The Hall–Kier alpha value is -1.70. The van der Waals surface area contributed by atoms with Crippen molar-refractivity contribution in [3.8, 4) is 11.5 Å². The summed E-state index contributed by atoms with van der Waals surface area (Å²) in [7, 11) is 3.30. The van der Waals surface area contributed by atoms with Gasteiger partial charge in [0.15, 0.2) is 0 Å². The fraction of sp³-hybridized carbons (Fsp3) is 0.231. The highest BCUT2D eigenvalue weighted by atomic mass is 16.5. The van der Waals surface area contributed by atoms with Crippen LogP contribution in [0.15, 0.2) is 36.4 Å². The van der Waals surface area contributed by atoms with Crippen molar-refractivity contribution >= 4 is 6.08 Å². The van der Waals surface area contributed by atoms with Gasteiger partial charge in [-0.15, -0.1) is 0 Å². The molecule has 0 radical (unpaired) electrons. The molecule has 0 atom stereocenters. The molecule has 0 bridgehead atoms. The lowest BCUT2D eigenvalue weighted by molar-refractivity contribution is 0.402. The van der Waals surface area contributed by atoms with Crippen molar-refractivity contribution in [2.45, 2.75) is 6.92 Å². The van der Waals surface area contributed by atoms with E-state index >= 15 is 0 Å². The summed E-state index contributed by atoms with van der Waals surface area (Å²) in [5, 5.41) is 0. The van der Waals surface area contributed by atoms with Crippen molar-refractivity contribution in [1.82, 2.24) is 0 Å². The molecular formula is C13H16O2. The summed E-state index contributed by atoms with van der Waals surface area (Å²) >= 11 is 0. The molecule has 0 N–H and O–H groups in total. The van der Waals surface area contributed by atoms with Crippen LogP contribution in [0.5, 0.6) is 11.5 Å². The van der Waals surface area contributed by atoms with Gasteiger partial charge in [-0.25, -0.2) is 0 Å². The van der Waals surface area contributed by atoms with Crippen LogP contribution in [0, 0.1) is 0 Å². The summed E-state index contributed by atoms with van der Waals surface area (Å²) < 4.78 is 10.4. The first kappa shape index (κ1) is 11.4. The third-order valence-electron chi connectivity index (χ3n) is 1.98. The Morgan fingerprint density at radius 3 is 2.53 bits per heavy atom. The molecule has 0 saturated carbocycles. The molecule has 0 amide bonds. The minimum absolute atomic E-state index is 0.817. The SMILES string of the molecule is C=C(C)/C=C/c1cc(OC)ccc1OC. The van der Waals surface area contributed by atoms with Gasteiger partial charge >= 0.3 is 0 Å². The zero-order valence-electron chi connectivity index (χ0n) is 9.41. The molecule has 1 rings (SSSR count). The van der Waals surface area contributed by atoms with E-state index in [2.05, 4.69) is 6.58 Å². The molecule has 80 valence electrons. The highest BCUT2D eigenvalue weighted by molar-refractivity contribution is 5.61. The van der Waals surface area contributed by atoms with E-state index in [9.17, 15) is 0 Å². The van der Waals surface area contributed by atoms with E-state index in [-0.39, 0.29) is 0 Å². The molecule has 0 aliphatic carbocycles. The lowest BCUT2D eigenvalue weighted by atomic mass is 10.1. The molecule has 0 saturated heterocycles. The van der Waals surface area contributed by atoms with Gasteiger partial charge < -0.3 is 9.47 Å². The minimum atomic E-state index is 0.817. The summed E-state index contributed by atoms with van der Waals surface area (Å²) in [5.74, 6) is 1.64. The lowest BCUT2D eigenvalue weighted by Gasteiger charge is -2.06. The summed E-state index contributed by atoms with van der Waals surface area (Å²) in [6.07, 6.45) is 3.90. The van der Waals surface area contributed by atoms with Gasteiger partial charge in [-0.2, -0.15) is 0 Å². The van der Waals surface area contributed by atoms with Crippen LogP contribution < -0.4 is 9.47 Å².